The fourth-order valence-corrected chi connectivity index (χ4v) is 2.77. The minimum Gasteiger partial charge on any atom is -0.482 e. The Morgan fingerprint density at radius 1 is 1.18 bits per heavy atom. The number of anilines is 1. The average Bonchev–Trinajstić information content (AvgIpc) is 3.06. The third-order valence-electron chi connectivity index (χ3n) is 3.74. The number of nitrogens with one attached hydrogen (secondary N) is 1. The van der Waals surface area contributed by atoms with Crippen LogP contribution in [0, 0.1) is 0 Å². The number of halogens is 2. The first-order chi connectivity index (χ1) is 13.2. The summed E-state index contributed by atoms with van der Waals surface area (Å²) in [5, 5.41) is 8.16. The number of rotatable bonds is 5. The van der Waals surface area contributed by atoms with Crippen LogP contribution in [0.4, 0.5) is 5.82 Å². The SMILES string of the molecule is CC(C)(C)c1cc(NC(=O)COc2ccc(Cl)cc2Cl)n(-c2ncccn2)n1. The van der Waals surface area contributed by atoms with E-state index in [1.807, 2.05) is 20.8 Å². The summed E-state index contributed by atoms with van der Waals surface area (Å²) in [6.45, 7) is 5.86. The Morgan fingerprint density at radius 2 is 1.89 bits per heavy atom. The standard InChI is InChI=1S/C19H19Cl2N5O2/c1-19(2,3)15-10-16(26(25-15)18-22-7-4-8-23-18)24-17(27)11-28-14-6-5-12(20)9-13(14)21/h4-10H,11H2,1-3H3,(H,24,27). The highest BCUT2D eigenvalue weighted by Crippen LogP contribution is 2.28. The fourth-order valence-electron chi connectivity index (χ4n) is 2.30. The molecule has 0 aliphatic rings. The zero-order valence-electron chi connectivity index (χ0n) is 15.6. The van der Waals surface area contributed by atoms with Gasteiger partial charge in [0, 0.05) is 28.9 Å². The molecule has 3 aromatic rings. The molecule has 0 unspecified atom stereocenters. The Hall–Kier alpha value is -2.64. The largest absolute Gasteiger partial charge is 0.482 e. The van der Waals surface area contributed by atoms with Crippen molar-refractivity contribution < 1.29 is 9.53 Å². The fraction of sp³-hybridized carbons (Fsp3) is 0.263. The highest BCUT2D eigenvalue weighted by molar-refractivity contribution is 6.35. The molecule has 0 saturated heterocycles. The van der Waals surface area contributed by atoms with Crippen LogP contribution in [0.3, 0.4) is 0 Å². The molecule has 0 spiro atoms. The second-order valence-corrected chi connectivity index (χ2v) is 7.88. The molecule has 9 heteroatoms. The van der Waals surface area contributed by atoms with E-state index >= 15 is 0 Å². The smallest absolute Gasteiger partial charge is 0.263 e. The summed E-state index contributed by atoms with van der Waals surface area (Å²) >= 11 is 11.9. The number of aromatic nitrogens is 4. The number of nitrogens with zero attached hydrogens (tertiary/aromatic N) is 4. The molecule has 2 aromatic heterocycles. The van der Waals surface area contributed by atoms with Gasteiger partial charge < -0.3 is 10.1 Å². The van der Waals surface area contributed by atoms with Crippen LogP contribution in [0.2, 0.25) is 10.0 Å². The van der Waals surface area contributed by atoms with E-state index in [1.165, 1.54) is 4.68 Å². The first kappa shape index (κ1) is 20.1. The van der Waals surface area contributed by atoms with Crippen molar-refractivity contribution in [3.05, 3.63) is 58.5 Å². The Kier molecular flexibility index (Phi) is 5.86. The molecule has 0 atom stereocenters. The van der Waals surface area contributed by atoms with Gasteiger partial charge in [0.25, 0.3) is 11.9 Å². The first-order valence-electron chi connectivity index (χ1n) is 8.49. The van der Waals surface area contributed by atoms with E-state index in [4.69, 9.17) is 27.9 Å². The van der Waals surface area contributed by atoms with E-state index in [1.54, 1.807) is 42.7 Å². The van der Waals surface area contributed by atoms with Gasteiger partial charge in [-0.25, -0.2) is 9.97 Å². The third-order valence-corrected chi connectivity index (χ3v) is 4.27. The molecular weight excluding hydrogens is 401 g/mol. The highest BCUT2D eigenvalue weighted by Gasteiger charge is 2.22. The lowest BCUT2D eigenvalue weighted by Crippen LogP contribution is -2.22. The molecule has 2 heterocycles. The second kappa shape index (κ2) is 8.16. The molecule has 0 bridgehead atoms. The van der Waals surface area contributed by atoms with Crippen molar-refractivity contribution in [2.45, 2.75) is 26.2 Å². The molecule has 1 N–H and O–H groups in total. The van der Waals surface area contributed by atoms with Crippen LogP contribution in [0.25, 0.3) is 5.95 Å². The van der Waals surface area contributed by atoms with Gasteiger partial charge in [-0.1, -0.05) is 44.0 Å². The topological polar surface area (TPSA) is 81.9 Å². The number of amides is 1. The van der Waals surface area contributed by atoms with Gasteiger partial charge in [0.05, 0.1) is 10.7 Å². The molecule has 0 aliphatic heterocycles. The van der Waals surface area contributed by atoms with Crippen LogP contribution in [-0.2, 0) is 10.2 Å². The molecule has 1 amide bonds. The van der Waals surface area contributed by atoms with Crippen molar-refractivity contribution >= 4 is 34.9 Å². The van der Waals surface area contributed by atoms with Gasteiger partial charge in [-0.3, -0.25) is 4.79 Å². The number of carbonyl (C=O) groups is 1. The van der Waals surface area contributed by atoms with E-state index in [9.17, 15) is 4.79 Å². The molecule has 3 rings (SSSR count). The summed E-state index contributed by atoms with van der Waals surface area (Å²) in [4.78, 5) is 20.8. The van der Waals surface area contributed by atoms with E-state index < -0.39 is 0 Å². The van der Waals surface area contributed by atoms with Crippen LogP contribution in [0.5, 0.6) is 5.75 Å². The van der Waals surface area contributed by atoms with Crippen molar-refractivity contribution in [1.82, 2.24) is 19.7 Å². The van der Waals surface area contributed by atoms with Crippen molar-refractivity contribution in [2.75, 3.05) is 11.9 Å². The number of carbonyl (C=O) groups excluding carboxylic acids is 1. The van der Waals surface area contributed by atoms with Crippen molar-refractivity contribution in [1.29, 1.82) is 0 Å². The molecule has 28 heavy (non-hydrogen) atoms. The van der Waals surface area contributed by atoms with Gasteiger partial charge in [0.15, 0.2) is 6.61 Å². The maximum absolute atomic E-state index is 12.4. The van der Waals surface area contributed by atoms with E-state index in [-0.39, 0.29) is 17.9 Å². The molecule has 7 nitrogen and oxygen atoms in total. The summed E-state index contributed by atoms with van der Waals surface area (Å²) in [7, 11) is 0. The minimum absolute atomic E-state index is 0.215. The number of ether oxygens (including phenoxy) is 1. The predicted molar refractivity (Wildman–Crippen MR) is 108 cm³/mol. The van der Waals surface area contributed by atoms with E-state index in [0.29, 0.717) is 27.6 Å². The van der Waals surface area contributed by atoms with Gasteiger partial charge >= 0.3 is 0 Å². The summed E-state index contributed by atoms with van der Waals surface area (Å²) in [5.74, 6) is 0.807. The van der Waals surface area contributed by atoms with Crippen molar-refractivity contribution in [2.24, 2.45) is 0 Å². The second-order valence-electron chi connectivity index (χ2n) is 7.04. The van der Waals surface area contributed by atoms with Gasteiger partial charge in [-0.15, -0.1) is 0 Å². The monoisotopic (exact) mass is 419 g/mol. The first-order valence-corrected chi connectivity index (χ1v) is 9.25. The van der Waals surface area contributed by atoms with E-state index in [0.717, 1.165) is 5.69 Å². The number of hydrogen-bond donors (Lipinski definition) is 1. The lowest BCUT2D eigenvalue weighted by molar-refractivity contribution is -0.118. The maximum Gasteiger partial charge on any atom is 0.263 e. The summed E-state index contributed by atoms with van der Waals surface area (Å²) in [6, 6.07) is 8.30. The molecular formula is C19H19Cl2N5O2. The van der Waals surface area contributed by atoms with E-state index in [2.05, 4.69) is 20.4 Å². The zero-order valence-corrected chi connectivity index (χ0v) is 17.1. The van der Waals surface area contributed by atoms with Crippen LogP contribution < -0.4 is 10.1 Å². The van der Waals surface area contributed by atoms with Crippen molar-refractivity contribution in [3.63, 3.8) is 0 Å². The maximum atomic E-state index is 12.4. The highest BCUT2D eigenvalue weighted by atomic mass is 35.5. The Morgan fingerprint density at radius 3 is 2.54 bits per heavy atom. The minimum atomic E-state index is -0.372. The average molecular weight is 420 g/mol. The third kappa shape index (κ3) is 4.79. The molecule has 0 radical (unpaired) electrons. The van der Waals surface area contributed by atoms with Gasteiger partial charge in [-0.05, 0) is 24.3 Å². The molecule has 0 saturated carbocycles. The van der Waals surface area contributed by atoms with Crippen LogP contribution >= 0.6 is 23.2 Å². The molecule has 0 fully saturated rings. The summed E-state index contributed by atoms with van der Waals surface area (Å²) in [5.41, 5.74) is 0.573. The van der Waals surface area contributed by atoms with Crippen LogP contribution in [-0.4, -0.2) is 32.3 Å². The lowest BCUT2D eigenvalue weighted by atomic mass is 9.92. The van der Waals surface area contributed by atoms with Crippen LogP contribution in [0.1, 0.15) is 26.5 Å². The normalized spacial score (nSPS) is 11.3. The Labute approximate surface area is 172 Å². The van der Waals surface area contributed by atoms with Gasteiger partial charge in [0.2, 0.25) is 0 Å². The van der Waals surface area contributed by atoms with Gasteiger partial charge in [-0.2, -0.15) is 9.78 Å². The molecule has 146 valence electrons. The predicted octanol–water partition coefficient (Wildman–Crippen LogP) is 4.28. The molecule has 0 aliphatic carbocycles. The van der Waals surface area contributed by atoms with Gasteiger partial charge in [0.1, 0.15) is 11.6 Å². The number of benzene rings is 1. The quantitative estimate of drug-likeness (QED) is 0.666. The number of hydrogen-bond acceptors (Lipinski definition) is 5. The molecule has 1 aromatic carbocycles. The Bertz CT molecular complexity index is 984. The summed E-state index contributed by atoms with van der Waals surface area (Å²) in [6.07, 6.45) is 3.22. The Balaban J connectivity index is 1.78. The zero-order chi connectivity index (χ0) is 20.3. The van der Waals surface area contributed by atoms with Crippen LogP contribution in [0.15, 0.2) is 42.7 Å². The van der Waals surface area contributed by atoms with Crippen molar-refractivity contribution in [3.8, 4) is 11.7 Å². The lowest BCUT2D eigenvalue weighted by Gasteiger charge is -2.13. The summed E-state index contributed by atoms with van der Waals surface area (Å²) < 4.78 is 6.98.